The van der Waals surface area contributed by atoms with Crippen molar-refractivity contribution in [1.82, 2.24) is 0 Å². The Bertz CT molecular complexity index is 3510. The van der Waals surface area contributed by atoms with Crippen LogP contribution in [-0.2, 0) is 0 Å². The quantitative estimate of drug-likeness (QED) is 0.0677. The zero-order valence-corrected chi connectivity index (χ0v) is 43.3. The summed E-state index contributed by atoms with van der Waals surface area (Å²) in [4.78, 5) is 21.7. The number of rotatable bonds is 17. The standard InChI is InChI=1S/C70H58N4O4/c1-47-33-37-63(77)59(41-47)65(49-21-9-3-10-22-49)73-69(53-29-17-7-18-30-53)67(51-25-13-5-14-26-51)71-45-57-43-55(35-39-61(57)75)56-36-40-62(76)58(44-56)46-72-68(52-27-15-6-16-28-52)70(54-31-19-8-20-32-54)74-66(50-23-11-4-12-24-50)60-42-48(2)34-38-64(60)78/h3-46,67-70,75-78H,1-2H3/t67-,68-,69-,70-/m0/s1. The van der Waals surface area contributed by atoms with Gasteiger partial charge in [-0.2, -0.15) is 0 Å². The Balaban J connectivity index is 1.05. The van der Waals surface area contributed by atoms with Crippen molar-refractivity contribution in [3.63, 3.8) is 0 Å². The molecule has 10 rings (SSSR count). The average molecular weight is 1020 g/mol. The van der Waals surface area contributed by atoms with E-state index in [1.54, 1.807) is 36.7 Å². The van der Waals surface area contributed by atoms with Crippen LogP contribution in [0.25, 0.3) is 11.1 Å². The monoisotopic (exact) mass is 1020 g/mol. The van der Waals surface area contributed by atoms with E-state index in [1.807, 2.05) is 244 Å². The van der Waals surface area contributed by atoms with Crippen molar-refractivity contribution in [3.8, 4) is 34.1 Å². The Morgan fingerprint density at radius 1 is 0.321 bits per heavy atom. The van der Waals surface area contributed by atoms with Gasteiger partial charge in [0.2, 0.25) is 0 Å². The summed E-state index contributed by atoms with van der Waals surface area (Å²) in [6.07, 6.45) is 3.40. The van der Waals surface area contributed by atoms with Gasteiger partial charge in [0.1, 0.15) is 47.2 Å². The molecule has 0 bridgehead atoms. The maximum Gasteiger partial charge on any atom is 0.124 e. The van der Waals surface area contributed by atoms with E-state index < -0.39 is 24.2 Å². The first-order valence-corrected chi connectivity index (χ1v) is 26.0. The second kappa shape index (κ2) is 24.2. The minimum absolute atomic E-state index is 0.0383. The second-order valence-corrected chi connectivity index (χ2v) is 19.3. The van der Waals surface area contributed by atoms with Crippen molar-refractivity contribution in [1.29, 1.82) is 0 Å². The van der Waals surface area contributed by atoms with E-state index in [2.05, 4.69) is 0 Å². The van der Waals surface area contributed by atoms with Crippen LogP contribution in [0, 0.1) is 13.8 Å². The molecule has 8 heteroatoms. The van der Waals surface area contributed by atoms with Crippen LogP contribution in [0.15, 0.2) is 275 Å². The van der Waals surface area contributed by atoms with Gasteiger partial charge < -0.3 is 20.4 Å². The smallest absolute Gasteiger partial charge is 0.124 e. The molecule has 0 fully saturated rings. The molecule has 10 aromatic carbocycles. The van der Waals surface area contributed by atoms with Gasteiger partial charge in [0.05, 0.1) is 11.4 Å². The van der Waals surface area contributed by atoms with Gasteiger partial charge in [-0.15, -0.1) is 0 Å². The molecule has 0 amide bonds. The number of phenols is 4. The van der Waals surface area contributed by atoms with Gasteiger partial charge in [0.25, 0.3) is 0 Å². The van der Waals surface area contributed by atoms with Crippen molar-refractivity contribution >= 4 is 23.9 Å². The highest BCUT2D eigenvalue weighted by Crippen LogP contribution is 2.40. The molecule has 0 aliphatic carbocycles. The largest absolute Gasteiger partial charge is 0.507 e. The fourth-order valence-electron chi connectivity index (χ4n) is 9.70. The minimum atomic E-state index is -0.577. The average Bonchev–Trinajstić information content (AvgIpc) is 3.50. The molecular formula is C70H58N4O4. The number of aliphatic imine (C=N–C) groups is 4. The second-order valence-electron chi connectivity index (χ2n) is 19.3. The van der Waals surface area contributed by atoms with Crippen LogP contribution >= 0.6 is 0 Å². The molecule has 10 aromatic rings. The highest BCUT2D eigenvalue weighted by molar-refractivity contribution is 6.15. The van der Waals surface area contributed by atoms with Crippen molar-refractivity contribution in [2.75, 3.05) is 0 Å². The lowest BCUT2D eigenvalue weighted by Gasteiger charge is -2.24. The van der Waals surface area contributed by atoms with E-state index in [9.17, 15) is 20.4 Å². The molecule has 0 spiro atoms. The summed E-state index contributed by atoms with van der Waals surface area (Å²) in [7, 11) is 0. The lowest BCUT2D eigenvalue weighted by atomic mass is 9.92. The third-order valence-corrected chi connectivity index (χ3v) is 13.7. The van der Waals surface area contributed by atoms with Gasteiger partial charge in [0.15, 0.2) is 0 Å². The topological polar surface area (TPSA) is 130 Å². The third-order valence-electron chi connectivity index (χ3n) is 13.7. The summed E-state index contributed by atoms with van der Waals surface area (Å²) in [5, 5.41) is 45.7. The van der Waals surface area contributed by atoms with Crippen molar-refractivity contribution in [2.24, 2.45) is 20.0 Å². The Labute approximate surface area is 455 Å². The first-order valence-electron chi connectivity index (χ1n) is 26.0. The summed E-state index contributed by atoms with van der Waals surface area (Å²) in [6, 6.07) is 79.3. The van der Waals surface area contributed by atoms with Crippen molar-refractivity contribution in [2.45, 2.75) is 38.0 Å². The van der Waals surface area contributed by atoms with Gasteiger partial charge in [-0.1, -0.05) is 217 Å². The zero-order chi connectivity index (χ0) is 53.8. The zero-order valence-electron chi connectivity index (χ0n) is 43.3. The molecule has 0 aliphatic rings. The van der Waals surface area contributed by atoms with Gasteiger partial charge in [-0.3, -0.25) is 20.0 Å². The van der Waals surface area contributed by atoms with Gasteiger partial charge in [0, 0.05) is 45.8 Å². The number of nitrogens with zero attached hydrogens (tertiary/aromatic N) is 4. The first kappa shape index (κ1) is 51.6. The van der Waals surface area contributed by atoms with E-state index in [-0.39, 0.29) is 23.0 Å². The lowest BCUT2D eigenvalue weighted by Crippen LogP contribution is -2.13. The van der Waals surface area contributed by atoms with Crippen LogP contribution in [0.1, 0.15) is 90.9 Å². The third kappa shape index (κ3) is 12.1. The van der Waals surface area contributed by atoms with Crippen LogP contribution in [0.3, 0.4) is 0 Å². The summed E-state index contributed by atoms with van der Waals surface area (Å²) < 4.78 is 0. The summed E-state index contributed by atoms with van der Waals surface area (Å²) >= 11 is 0. The molecule has 0 heterocycles. The normalized spacial score (nSPS) is 13.6. The summed E-state index contributed by atoms with van der Waals surface area (Å²) in [6.45, 7) is 3.99. The Hall–Kier alpha value is -9.92. The molecule has 78 heavy (non-hydrogen) atoms. The van der Waals surface area contributed by atoms with Crippen LogP contribution < -0.4 is 0 Å². The van der Waals surface area contributed by atoms with Crippen LogP contribution in [0.5, 0.6) is 23.0 Å². The predicted octanol–water partition coefficient (Wildman–Crippen LogP) is 15.7. The highest BCUT2D eigenvalue weighted by atomic mass is 16.3. The number of hydrogen-bond acceptors (Lipinski definition) is 8. The van der Waals surface area contributed by atoms with E-state index >= 15 is 0 Å². The maximum absolute atomic E-state index is 11.5. The Morgan fingerprint density at radius 2 is 0.615 bits per heavy atom. The molecular weight excluding hydrogens is 961 g/mol. The van der Waals surface area contributed by atoms with E-state index in [1.165, 1.54) is 0 Å². The van der Waals surface area contributed by atoms with E-state index in [0.717, 1.165) is 55.6 Å². The SMILES string of the molecule is Cc1ccc(O)c(C(=N[C@@H](c2ccccc2)[C@@H](N=Cc2cc(-c3ccc(O)c(C=N[C@@H](c4ccccc4)[C@@H](N=C(c4ccccc4)c4cc(C)ccc4O)c4ccccc4)c3)ccc2O)c2ccccc2)c2ccccc2)c1. The van der Waals surface area contributed by atoms with Crippen LogP contribution in [0.4, 0.5) is 0 Å². The molecule has 4 atom stereocenters. The predicted molar refractivity (Wildman–Crippen MR) is 317 cm³/mol. The number of aryl methyl sites for hydroxylation is 2. The molecule has 0 aliphatic heterocycles. The first-order chi connectivity index (χ1) is 38.2. The maximum atomic E-state index is 11.5. The van der Waals surface area contributed by atoms with Crippen molar-refractivity contribution in [3.05, 3.63) is 322 Å². The molecule has 8 nitrogen and oxygen atoms in total. The van der Waals surface area contributed by atoms with E-state index in [0.29, 0.717) is 33.7 Å². The molecule has 0 saturated heterocycles. The number of aromatic hydroxyl groups is 4. The fraction of sp³-hybridized carbons (Fsp3) is 0.0857. The van der Waals surface area contributed by atoms with Crippen LogP contribution in [0.2, 0.25) is 0 Å². The lowest BCUT2D eigenvalue weighted by molar-refractivity contribution is 0.473. The van der Waals surface area contributed by atoms with Crippen molar-refractivity contribution < 1.29 is 20.4 Å². The molecule has 382 valence electrons. The minimum Gasteiger partial charge on any atom is -0.507 e. The molecule has 0 aromatic heterocycles. The molecule has 0 saturated carbocycles. The van der Waals surface area contributed by atoms with Crippen LogP contribution in [-0.4, -0.2) is 44.3 Å². The van der Waals surface area contributed by atoms with Gasteiger partial charge in [-0.05, 0) is 95.8 Å². The van der Waals surface area contributed by atoms with Gasteiger partial charge >= 0.3 is 0 Å². The van der Waals surface area contributed by atoms with Gasteiger partial charge in [-0.25, -0.2) is 0 Å². The molecule has 4 N–H and O–H groups in total. The highest BCUT2D eigenvalue weighted by Gasteiger charge is 2.28. The Morgan fingerprint density at radius 3 is 0.949 bits per heavy atom. The number of hydrogen-bond donors (Lipinski definition) is 4. The fourth-order valence-corrected chi connectivity index (χ4v) is 9.70. The molecule has 0 radical (unpaired) electrons. The number of benzene rings is 10. The Kier molecular flexibility index (Phi) is 16.0. The van der Waals surface area contributed by atoms with E-state index in [4.69, 9.17) is 20.0 Å². The molecule has 0 unspecified atom stereocenters. The summed E-state index contributed by atoms with van der Waals surface area (Å²) in [5.74, 6) is 0.317. The number of phenolic OH excluding ortho intramolecular Hbond substituents is 4. The summed E-state index contributed by atoms with van der Waals surface area (Å²) in [5.41, 5.74) is 12.3.